The van der Waals surface area contributed by atoms with Crippen LogP contribution >= 0.6 is 0 Å². The summed E-state index contributed by atoms with van der Waals surface area (Å²) in [5.74, 6) is 1.22. The van der Waals surface area contributed by atoms with Crippen LogP contribution in [0.25, 0.3) is 0 Å². The predicted molar refractivity (Wildman–Crippen MR) is 75.2 cm³/mol. The SMILES string of the molecule is COc1ccc([N+](=O)[O-])c(OCc2nc(C)cc(N)n2)c1. The Hall–Kier alpha value is -2.90. The van der Waals surface area contributed by atoms with Crippen molar-refractivity contribution in [2.45, 2.75) is 13.5 Å². The fourth-order valence-corrected chi connectivity index (χ4v) is 1.75. The van der Waals surface area contributed by atoms with Crippen molar-refractivity contribution in [2.24, 2.45) is 0 Å². The second kappa shape index (κ2) is 6.04. The average molecular weight is 290 g/mol. The van der Waals surface area contributed by atoms with E-state index in [-0.39, 0.29) is 18.0 Å². The first-order valence-corrected chi connectivity index (χ1v) is 6.05. The first-order chi connectivity index (χ1) is 9.99. The minimum absolute atomic E-state index is 0.0279. The van der Waals surface area contributed by atoms with E-state index in [0.717, 1.165) is 0 Å². The van der Waals surface area contributed by atoms with Gasteiger partial charge in [-0.2, -0.15) is 0 Å². The summed E-state index contributed by atoms with van der Waals surface area (Å²) >= 11 is 0. The lowest BCUT2D eigenvalue weighted by Crippen LogP contribution is -2.06. The molecule has 1 aromatic carbocycles. The van der Waals surface area contributed by atoms with Gasteiger partial charge < -0.3 is 15.2 Å². The highest BCUT2D eigenvalue weighted by atomic mass is 16.6. The van der Waals surface area contributed by atoms with E-state index in [1.807, 2.05) is 0 Å². The highest BCUT2D eigenvalue weighted by Gasteiger charge is 2.16. The molecule has 0 fully saturated rings. The fourth-order valence-electron chi connectivity index (χ4n) is 1.75. The van der Waals surface area contributed by atoms with Gasteiger partial charge in [-0.1, -0.05) is 0 Å². The number of nitro groups is 1. The molecule has 0 aliphatic rings. The van der Waals surface area contributed by atoms with Crippen LogP contribution in [0.15, 0.2) is 24.3 Å². The summed E-state index contributed by atoms with van der Waals surface area (Å²) in [5, 5.41) is 11.0. The van der Waals surface area contributed by atoms with Crippen molar-refractivity contribution in [1.82, 2.24) is 9.97 Å². The maximum Gasteiger partial charge on any atom is 0.311 e. The molecule has 8 heteroatoms. The fraction of sp³-hybridized carbons (Fsp3) is 0.231. The molecule has 21 heavy (non-hydrogen) atoms. The molecule has 0 spiro atoms. The van der Waals surface area contributed by atoms with Gasteiger partial charge in [-0.25, -0.2) is 9.97 Å². The summed E-state index contributed by atoms with van der Waals surface area (Å²) in [7, 11) is 1.47. The molecule has 8 nitrogen and oxygen atoms in total. The standard InChI is InChI=1S/C13H14N4O4/c1-8-5-12(14)16-13(15-8)7-21-11-6-9(20-2)3-4-10(11)17(18)19/h3-6H,7H2,1-2H3,(H2,14,15,16). The van der Waals surface area contributed by atoms with Crippen LogP contribution in [0.2, 0.25) is 0 Å². The molecule has 0 atom stereocenters. The van der Waals surface area contributed by atoms with Gasteiger partial charge in [0.15, 0.2) is 5.82 Å². The Bertz CT molecular complexity index is 655. The molecule has 0 saturated carbocycles. The minimum atomic E-state index is -0.528. The molecule has 2 N–H and O–H groups in total. The topological polar surface area (TPSA) is 113 Å². The molecule has 0 unspecified atom stereocenters. The molecule has 1 aromatic heterocycles. The summed E-state index contributed by atoms with van der Waals surface area (Å²) < 4.78 is 10.5. The quantitative estimate of drug-likeness (QED) is 0.660. The molecule has 1 heterocycles. The zero-order chi connectivity index (χ0) is 15.4. The lowest BCUT2D eigenvalue weighted by Gasteiger charge is -2.08. The summed E-state index contributed by atoms with van der Waals surface area (Å²) in [6.07, 6.45) is 0. The van der Waals surface area contributed by atoms with Crippen LogP contribution in [0.4, 0.5) is 11.5 Å². The van der Waals surface area contributed by atoms with Crippen LogP contribution < -0.4 is 15.2 Å². The van der Waals surface area contributed by atoms with Gasteiger partial charge in [0.2, 0.25) is 5.75 Å². The Morgan fingerprint density at radius 1 is 1.33 bits per heavy atom. The van der Waals surface area contributed by atoms with Crippen molar-refractivity contribution in [2.75, 3.05) is 12.8 Å². The van der Waals surface area contributed by atoms with Gasteiger partial charge in [-0.05, 0) is 13.0 Å². The highest BCUT2D eigenvalue weighted by molar-refractivity contribution is 5.50. The molecule has 2 rings (SSSR count). The van der Waals surface area contributed by atoms with Crippen molar-refractivity contribution in [1.29, 1.82) is 0 Å². The second-order valence-corrected chi connectivity index (χ2v) is 4.23. The number of ether oxygens (including phenoxy) is 2. The third-order valence-electron chi connectivity index (χ3n) is 2.64. The zero-order valence-electron chi connectivity index (χ0n) is 11.6. The molecular weight excluding hydrogens is 276 g/mol. The molecule has 110 valence electrons. The molecule has 0 radical (unpaired) electrons. The summed E-state index contributed by atoms with van der Waals surface area (Å²) in [6, 6.07) is 5.88. The van der Waals surface area contributed by atoms with Crippen LogP contribution in [0.1, 0.15) is 11.5 Å². The highest BCUT2D eigenvalue weighted by Crippen LogP contribution is 2.31. The van der Waals surface area contributed by atoms with Crippen LogP contribution in [-0.4, -0.2) is 22.0 Å². The van der Waals surface area contributed by atoms with Gasteiger partial charge in [0.1, 0.15) is 18.2 Å². The van der Waals surface area contributed by atoms with E-state index in [9.17, 15) is 10.1 Å². The number of benzene rings is 1. The Balaban J connectivity index is 2.23. The predicted octanol–water partition coefficient (Wildman–Crippen LogP) is 1.86. The summed E-state index contributed by atoms with van der Waals surface area (Å²) in [5.41, 5.74) is 6.16. The summed E-state index contributed by atoms with van der Waals surface area (Å²) in [4.78, 5) is 18.6. The van der Waals surface area contributed by atoms with Gasteiger partial charge in [0.05, 0.1) is 12.0 Å². The second-order valence-electron chi connectivity index (χ2n) is 4.23. The van der Waals surface area contributed by atoms with E-state index in [4.69, 9.17) is 15.2 Å². The van der Waals surface area contributed by atoms with E-state index in [1.54, 1.807) is 13.0 Å². The molecule has 0 bridgehead atoms. The van der Waals surface area contributed by atoms with E-state index >= 15 is 0 Å². The Morgan fingerprint density at radius 2 is 2.10 bits per heavy atom. The first kappa shape index (κ1) is 14.5. The van der Waals surface area contributed by atoms with Crippen LogP contribution in [0.3, 0.4) is 0 Å². The maximum absolute atomic E-state index is 11.0. The number of hydrogen-bond acceptors (Lipinski definition) is 7. The number of nitro benzene ring substituents is 1. The van der Waals surface area contributed by atoms with Gasteiger partial charge in [-0.3, -0.25) is 10.1 Å². The number of nitrogens with zero attached hydrogens (tertiary/aromatic N) is 3. The monoisotopic (exact) mass is 290 g/mol. The number of anilines is 1. The summed E-state index contributed by atoms with van der Waals surface area (Å²) in [6.45, 7) is 1.75. The van der Waals surface area contributed by atoms with Gasteiger partial charge >= 0.3 is 5.69 Å². The third kappa shape index (κ3) is 3.56. The lowest BCUT2D eigenvalue weighted by molar-refractivity contribution is -0.386. The number of rotatable bonds is 5. The van der Waals surface area contributed by atoms with Crippen LogP contribution in [0.5, 0.6) is 11.5 Å². The molecule has 0 saturated heterocycles. The van der Waals surface area contributed by atoms with Gasteiger partial charge in [-0.15, -0.1) is 0 Å². The van der Waals surface area contributed by atoms with Gasteiger partial charge in [0, 0.05) is 23.9 Å². The number of hydrogen-bond donors (Lipinski definition) is 1. The van der Waals surface area contributed by atoms with Crippen LogP contribution in [-0.2, 0) is 6.61 Å². The van der Waals surface area contributed by atoms with E-state index in [2.05, 4.69) is 9.97 Å². The minimum Gasteiger partial charge on any atom is -0.497 e. The smallest absolute Gasteiger partial charge is 0.311 e. The number of aryl methyl sites for hydroxylation is 1. The molecule has 0 aliphatic carbocycles. The number of methoxy groups -OCH3 is 1. The molecular formula is C13H14N4O4. The molecule has 2 aromatic rings. The molecule has 0 aliphatic heterocycles. The van der Waals surface area contributed by atoms with Crippen molar-refractivity contribution in [3.05, 3.63) is 45.9 Å². The normalized spacial score (nSPS) is 10.2. The lowest BCUT2D eigenvalue weighted by atomic mass is 10.3. The van der Waals surface area contributed by atoms with Crippen molar-refractivity contribution >= 4 is 11.5 Å². The third-order valence-corrected chi connectivity index (χ3v) is 2.64. The number of nitrogens with two attached hydrogens (primary N) is 1. The first-order valence-electron chi connectivity index (χ1n) is 6.05. The van der Waals surface area contributed by atoms with Crippen molar-refractivity contribution in [3.63, 3.8) is 0 Å². The molecule has 0 amide bonds. The van der Waals surface area contributed by atoms with E-state index in [1.165, 1.54) is 25.3 Å². The number of nitrogen functional groups attached to an aromatic ring is 1. The van der Waals surface area contributed by atoms with E-state index in [0.29, 0.717) is 23.1 Å². The largest absolute Gasteiger partial charge is 0.497 e. The van der Waals surface area contributed by atoms with Gasteiger partial charge in [0.25, 0.3) is 0 Å². The van der Waals surface area contributed by atoms with Crippen molar-refractivity contribution < 1.29 is 14.4 Å². The average Bonchev–Trinajstić information content (AvgIpc) is 2.43. The van der Waals surface area contributed by atoms with E-state index < -0.39 is 4.92 Å². The Morgan fingerprint density at radius 3 is 2.71 bits per heavy atom. The maximum atomic E-state index is 11.0. The zero-order valence-corrected chi connectivity index (χ0v) is 11.6. The van der Waals surface area contributed by atoms with Crippen LogP contribution in [0, 0.1) is 17.0 Å². The Kier molecular flexibility index (Phi) is 4.17. The Labute approximate surface area is 120 Å². The number of aromatic nitrogens is 2. The van der Waals surface area contributed by atoms with Crippen molar-refractivity contribution in [3.8, 4) is 11.5 Å².